The van der Waals surface area contributed by atoms with Crippen molar-refractivity contribution in [2.75, 3.05) is 7.11 Å². The lowest BCUT2D eigenvalue weighted by atomic mass is 10.0. The molecule has 0 saturated heterocycles. The number of esters is 1. The van der Waals surface area contributed by atoms with Crippen LogP contribution in [0.25, 0.3) is 0 Å². The molecule has 20 heavy (non-hydrogen) atoms. The topological polar surface area (TPSA) is 55.8 Å². The molecule has 0 atom stereocenters. The van der Waals surface area contributed by atoms with Crippen molar-refractivity contribution in [1.29, 1.82) is 0 Å². The number of nitrogens with zero attached hydrogens (tertiary/aromatic N) is 1. The van der Waals surface area contributed by atoms with Crippen LogP contribution in [0, 0.1) is 0 Å². The van der Waals surface area contributed by atoms with E-state index in [4.69, 9.17) is 9.47 Å². The Hall–Kier alpha value is -2.04. The van der Waals surface area contributed by atoms with Gasteiger partial charge >= 0.3 is 12.1 Å². The van der Waals surface area contributed by atoms with Crippen LogP contribution >= 0.6 is 0 Å². The fourth-order valence-electron chi connectivity index (χ4n) is 2.18. The second-order valence-electron chi connectivity index (χ2n) is 5.77. The molecule has 108 valence electrons. The highest BCUT2D eigenvalue weighted by atomic mass is 16.6. The van der Waals surface area contributed by atoms with Crippen molar-refractivity contribution in [2.45, 2.75) is 39.5 Å². The predicted octanol–water partition coefficient (Wildman–Crippen LogP) is 2.72. The van der Waals surface area contributed by atoms with Crippen LogP contribution in [0.15, 0.2) is 18.2 Å². The van der Waals surface area contributed by atoms with E-state index in [2.05, 4.69) is 0 Å². The van der Waals surface area contributed by atoms with Gasteiger partial charge in [-0.15, -0.1) is 0 Å². The van der Waals surface area contributed by atoms with E-state index in [1.165, 1.54) is 7.11 Å². The van der Waals surface area contributed by atoms with Crippen LogP contribution in [0.1, 0.15) is 42.3 Å². The molecule has 0 aliphatic carbocycles. The first-order valence-electron chi connectivity index (χ1n) is 6.49. The van der Waals surface area contributed by atoms with Gasteiger partial charge in [0.25, 0.3) is 0 Å². The van der Waals surface area contributed by atoms with Gasteiger partial charge in [0.05, 0.1) is 19.2 Å². The average molecular weight is 277 g/mol. The molecule has 0 saturated carbocycles. The lowest BCUT2D eigenvalue weighted by Gasteiger charge is -2.24. The highest BCUT2D eigenvalue weighted by molar-refractivity contribution is 5.91. The Morgan fingerprint density at radius 1 is 1.20 bits per heavy atom. The molecule has 1 aliphatic heterocycles. The summed E-state index contributed by atoms with van der Waals surface area (Å²) >= 11 is 0. The Kier molecular flexibility index (Phi) is 3.70. The molecular formula is C15H19NO4. The van der Waals surface area contributed by atoms with Crippen molar-refractivity contribution in [3.05, 3.63) is 34.9 Å². The molecule has 0 radical (unpaired) electrons. The Bertz CT molecular complexity index is 545. The molecule has 1 aliphatic rings. The first-order valence-corrected chi connectivity index (χ1v) is 6.49. The lowest BCUT2D eigenvalue weighted by Crippen LogP contribution is -2.33. The summed E-state index contributed by atoms with van der Waals surface area (Å²) in [5, 5.41) is 0. The van der Waals surface area contributed by atoms with E-state index in [1.54, 1.807) is 17.0 Å². The molecule has 1 amide bonds. The van der Waals surface area contributed by atoms with Gasteiger partial charge in [-0.25, -0.2) is 9.59 Å². The largest absolute Gasteiger partial charge is 0.465 e. The Morgan fingerprint density at radius 2 is 1.90 bits per heavy atom. The zero-order valence-corrected chi connectivity index (χ0v) is 12.2. The number of carbonyl (C=O) groups excluding carboxylic acids is 2. The van der Waals surface area contributed by atoms with Crippen molar-refractivity contribution in [3.63, 3.8) is 0 Å². The number of fused-ring (bicyclic) bond motifs is 1. The standard InChI is InChI=1S/C15H19NO4/c1-15(2,3)20-14(18)16-8-10-6-5-7-11(12(10)9-16)13(17)19-4/h5-7H,8-9H2,1-4H3. The van der Waals surface area contributed by atoms with Crippen LogP contribution in [0.3, 0.4) is 0 Å². The lowest BCUT2D eigenvalue weighted by molar-refractivity contribution is 0.0240. The second-order valence-corrected chi connectivity index (χ2v) is 5.77. The third-order valence-electron chi connectivity index (χ3n) is 3.04. The fourth-order valence-corrected chi connectivity index (χ4v) is 2.18. The summed E-state index contributed by atoms with van der Waals surface area (Å²) in [4.78, 5) is 25.4. The summed E-state index contributed by atoms with van der Waals surface area (Å²) in [6, 6.07) is 5.42. The molecule has 5 heteroatoms. The quantitative estimate of drug-likeness (QED) is 0.741. The molecule has 1 aromatic rings. The zero-order valence-electron chi connectivity index (χ0n) is 12.2. The number of ether oxygens (including phenoxy) is 2. The molecule has 5 nitrogen and oxygen atoms in total. The van der Waals surface area contributed by atoms with Gasteiger partial charge < -0.3 is 9.47 Å². The van der Waals surface area contributed by atoms with Crippen molar-refractivity contribution in [2.24, 2.45) is 0 Å². The molecule has 1 aromatic carbocycles. The average Bonchev–Trinajstić information content (AvgIpc) is 2.79. The highest BCUT2D eigenvalue weighted by Crippen LogP contribution is 2.27. The fraction of sp³-hybridized carbons (Fsp3) is 0.467. The Balaban J connectivity index is 2.19. The molecule has 0 spiro atoms. The summed E-state index contributed by atoms with van der Waals surface area (Å²) < 4.78 is 10.1. The Labute approximate surface area is 118 Å². The molecule has 0 aromatic heterocycles. The van der Waals surface area contributed by atoms with Crippen molar-refractivity contribution in [3.8, 4) is 0 Å². The van der Waals surface area contributed by atoms with Crippen LogP contribution in [-0.2, 0) is 22.6 Å². The molecule has 2 rings (SSSR count). The monoisotopic (exact) mass is 277 g/mol. The molecule has 1 heterocycles. The maximum absolute atomic E-state index is 12.1. The second kappa shape index (κ2) is 5.15. The SMILES string of the molecule is COC(=O)c1cccc2c1CN(C(=O)OC(C)(C)C)C2. The van der Waals surface area contributed by atoms with Crippen LogP contribution in [-0.4, -0.2) is 29.7 Å². The van der Waals surface area contributed by atoms with Gasteiger partial charge in [0, 0.05) is 6.54 Å². The van der Waals surface area contributed by atoms with Crippen LogP contribution < -0.4 is 0 Å². The highest BCUT2D eigenvalue weighted by Gasteiger charge is 2.30. The minimum atomic E-state index is -0.531. The van der Waals surface area contributed by atoms with Crippen LogP contribution in [0.5, 0.6) is 0 Å². The minimum absolute atomic E-state index is 0.371. The van der Waals surface area contributed by atoms with E-state index in [-0.39, 0.29) is 12.1 Å². The van der Waals surface area contributed by atoms with Crippen LogP contribution in [0.2, 0.25) is 0 Å². The molecule has 0 bridgehead atoms. The Morgan fingerprint density at radius 3 is 2.50 bits per heavy atom. The summed E-state index contributed by atoms with van der Waals surface area (Å²) in [5.74, 6) is -0.382. The predicted molar refractivity (Wildman–Crippen MR) is 73.3 cm³/mol. The van der Waals surface area contributed by atoms with E-state index in [1.807, 2.05) is 26.8 Å². The van der Waals surface area contributed by atoms with Crippen molar-refractivity contribution >= 4 is 12.1 Å². The normalized spacial score (nSPS) is 13.9. The van der Waals surface area contributed by atoms with Gasteiger partial charge in [0.15, 0.2) is 0 Å². The van der Waals surface area contributed by atoms with Crippen molar-refractivity contribution in [1.82, 2.24) is 4.90 Å². The zero-order chi connectivity index (χ0) is 14.9. The minimum Gasteiger partial charge on any atom is -0.465 e. The van der Waals surface area contributed by atoms with Gasteiger partial charge in [-0.05, 0) is 38.0 Å². The maximum Gasteiger partial charge on any atom is 0.410 e. The number of hydrogen-bond acceptors (Lipinski definition) is 4. The number of methoxy groups -OCH3 is 1. The van der Waals surface area contributed by atoms with E-state index >= 15 is 0 Å². The third kappa shape index (κ3) is 2.92. The number of carbonyl (C=O) groups is 2. The maximum atomic E-state index is 12.1. The number of benzene rings is 1. The van der Waals surface area contributed by atoms with Gasteiger partial charge in [-0.3, -0.25) is 4.90 Å². The first-order chi connectivity index (χ1) is 9.31. The number of amides is 1. The summed E-state index contributed by atoms with van der Waals surface area (Å²) in [5.41, 5.74) is 1.77. The van der Waals surface area contributed by atoms with Crippen LogP contribution in [0.4, 0.5) is 4.79 Å². The first kappa shape index (κ1) is 14.4. The smallest absolute Gasteiger partial charge is 0.410 e. The van der Waals surface area contributed by atoms with E-state index < -0.39 is 5.60 Å². The van der Waals surface area contributed by atoms with Gasteiger partial charge in [0.2, 0.25) is 0 Å². The summed E-state index contributed by atoms with van der Waals surface area (Å²) in [6.45, 7) is 6.31. The van der Waals surface area contributed by atoms with E-state index in [0.29, 0.717) is 18.7 Å². The number of rotatable bonds is 1. The molecular weight excluding hydrogens is 258 g/mol. The third-order valence-corrected chi connectivity index (χ3v) is 3.04. The molecule has 0 N–H and O–H groups in total. The molecule has 0 unspecified atom stereocenters. The van der Waals surface area contributed by atoms with Crippen molar-refractivity contribution < 1.29 is 19.1 Å². The van der Waals surface area contributed by atoms with E-state index in [0.717, 1.165) is 11.1 Å². The summed E-state index contributed by atoms with van der Waals surface area (Å²) in [7, 11) is 1.35. The number of hydrogen-bond donors (Lipinski definition) is 0. The molecule has 0 fully saturated rings. The van der Waals surface area contributed by atoms with E-state index in [9.17, 15) is 9.59 Å². The van der Waals surface area contributed by atoms with Gasteiger partial charge in [0.1, 0.15) is 5.60 Å². The summed E-state index contributed by atoms with van der Waals surface area (Å²) in [6.07, 6.45) is -0.371. The van der Waals surface area contributed by atoms with Gasteiger partial charge in [-0.1, -0.05) is 12.1 Å². The van der Waals surface area contributed by atoms with Gasteiger partial charge in [-0.2, -0.15) is 0 Å².